The second kappa shape index (κ2) is 9.13. The van der Waals surface area contributed by atoms with Gasteiger partial charge in [-0.2, -0.15) is 0 Å². The van der Waals surface area contributed by atoms with Gasteiger partial charge in [-0.05, 0) is 50.5 Å². The summed E-state index contributed by atoms with van der Waals surface area (Å²) in [6.45, 7) is 2.72. The number of rotatable bonds is 7. The number of hydrogen-bond acceptors (Lipinski definition) is 7. The number of benzene rings is 1. The van der Waals surface area contributed by atoms with Crippen molar-refractivity contribution >= 4 is 21.7 Å². The van der Waals surface area contributed by atoms with E-state index >= 15 is 0 Å². The summed E-state index contributed by atoms with van der Waals surface area (Å²) < 4.78 is 39.7. The molecular formula is C20H27NO7S. The third-order valence-corrected chi connectivity index (χ3v) is 7.04. The van der Waals surface area contributed by atoms with Crippen molar-refractivity contribution in [1.29, 1.82) is 0 Å². The number of ether oxygens (including phenoxy) is 3. The lowest BCUT2D eigenvalue weighted by Crippen LogP contribution is -2.44. The first-order valence-electron chi connectivity index (χ1n) is 9.78. The molecule has 0 radical (unpaired) electrons. The molecule has 0 unspecified atom stereocenters. The molecule has 9 heteroatoms. The van der Waals surface area contributed by atoms with Gasteiger partial charge in [0.25, 0.3) is 5.91 Å². The Balaban J connectivity index is 1.50. The Bertz CT molecular complexity index is 831. The molecule has 2 aliphatic heterocycles. The lowest BCUT2D eigenvalue weighted by molar-refractivity contribution is -0.140. The van der Waals surface area contributed by atoms with Gasteiger partial charge in [-0.1, -0.05) is 0 Å². The van der Waals surface area contributed by atoms with E-state index in [0.29, 0.717) is 24.3 Å². The fraction of sp³-hybridized carbons (Fsp3) is 0.600. The van der Waals surface area contributed by atoms with Gasteiger partial charge in [-0.15, -0.1) is 0 Å². The lowest BCUT2D eigenvalue weighted by Gasteiger charge is -2.26. The van der Waals surface area contributed by atoms with Crippen molar-refractivity contribution in [1.82, 2.24) is 4.90 Å². The van der Waals surface area contributed by atoms with Gasteiger partial charge in [0.15, 0.2) is 15.9 Å². The molecule has 0 bridgehead atoms. The smallest absolute Gasteiger partial charge is 0.338 e. The molecule has 160 valence electrons. The number of amides is 1. The Kier molecular flexibility index (Phi) is 6.79. The number of hydrogen-bond donors (Lipinski definition) is 0. The molecule has 0 saturated carbocycles. The van der Waals surface area contributed by atoms with E-state index in [2.05, 4.69) is 0 Å². The Morgan fingerprint density at radius 2 is 1.97 bits per heavy atom. The van der Waals surface area contributed by atoms with Crippen LogP contribution in [0, 0.1) is 0 Å². The lowest BCUT2D eigenvalue weighted by atomic mass is 10.2. The molecule has 3 rings (SSSR count). The molecule has 0 aromatic heterocycles. The topological polar surface area (TPSA) is 99.2 Å². The summed E-state index contributed by atoms with van der Waals surface area (Å²) in [6, 6.07) is 6.13. The minimum atomic E-state index is -3.10. The molecule has 3 atom stereocenters. The first-order chi connectivity index (χ1) is 13.7. The van der Waals surface area contributed by atoms with Gasteiger partial charge in [-0.25, -0.2) is 13.2 Å². The molecule has 0 aliphatic carbocycles. The minimum absolute atomic E-state index is 0.0523. The van der Waals surface area contributed by atoms with Crippen LogP contribution in [0.2, 0.25) is 0 Å². The standard InChI is InChI=1S/C20H27NO7S/c1-14(19(22)21(2)16-9-11-29(24,25)13-16)28-20(23)15-5-7-17(8-6-15)27-12-18-4-3-10-26-18/h5-8,14,16,18H,3-4,9-13H2,1-2H3/t14-,16-,18+/m1/s1. The molecule has 2 heterocycles. The van der Waals surface area contributed by atoms with Crippen molar-refractivity contribution in [2.75, 3.05) is 31.8 Å². The van der Waals surface area contributed by atoms with E-state index in [1.165, 1.54) is 11.8 Å². The van der Waals surface area contributed by atoms with Crippen LogP contribution in [0.1, 0.15) is 36.5 Å². The van der Waals surface area contributed by atoms with Crippen LogP contribution in [0.25, 0.3) is 0 Å². The van der Waals surface area contributed by atoms with Crippen LogP contribution < -0.4 is 4.74 Å². The highest BCUT2D eigenvalue weighted by molar-refractivity contribution is 7.91. The van der Waals surface area contributed by atoms with Crippen molar-refractivity contribution in [3.05, 3.63) is 29.8 Å². The Labute approximate surface area is 171 Å². The van der Waals surface area contributed by atoms with E-state index in [1.807, 2.05) is 0 Å². The number of sulfone groups is 1. The van der Waals surface area contributed by atoms with Crippen LogP contribution in [-0.2, 0) is 24.1 Å². The zero-order valence-electron chi connectivity index (χ0n) is 16.7. The molecule has 2 fully saturated rings. The predicted molar refractivity (Wildman–Crippen MR) is 106 cm³/mol. The van der Waals surface area contributed by atoms with Crippen LogP contribution in [0.4, 0.5) is 0 Å². The fourth-order valence-electron chi connectivity index (χ4n) is 3.48. The zero-order chi connectivity index (χ0) is 21.0. The molecule has 1 amide bonds. The second-order valence-electron chi connectivity index (χ2n) is 7.52. The van der Waals surface area contributed by atoms with Crippen molar-refractivity contribution < 1.29 is 32.2 Å². The van der Waals surface area contributed by atoms with Crippen molar-refractivity contribution in [2.45, 2.75) is 44.4 Å². The molecule has 1 aromatic rings. The van der Waals surface area contributed by atoms with E-state index in [1.54, 1.807) is 31.3 Å². The molecule has 2 aliphatic rings. The van der Waals surface area contributed by atoms with Crippen LogP contribution in [0.15, 0.2) is 24.3 Å². The summed E-state index contributed by atoms with van der Waals surface area (Å²) >= 11 is 0. The number of carbonyl (C=O) groups excluding carboxylic acids is 2. The van der Waals surface area contributed by atoms with Crippen LogP contribution in [0.5, 0.6) is 5.75 Å². The van der Waals surface area contributed by atoms with E-state index in [9.17, 15) is 18.0 Å². The Morgan fingerprint density at radius 3 is 2.55 bits per heavy atom. The highest BCUT2D eigenvalue weighted by Gasteiger charge is 2.35. The summed E-state index contributed by atoms with van der Waals surface area (Å²) in [5.41, 5.74) is 0.306. The van der Waals surface area contributed by atoms with Gasteiger partial charge < -0.3 is 19.1 Å². The minimum Gasteiger partial charge on any atom is -0.491 e. The van der Waals surface area contributed by atoms with Gasteiger partial charge in [0.1, 0.15) is 12.4 Å². The number of likely N-dealkylation sites (N-methyl/N-ethyl adjacent to an activating group) is 1. The van der Waals surface area contributed by atoms with E-state index < -0.39 is 27.8 Å². The van der Waals surface area contributed by atoms with Crippen LogP contribution >= 0.6 is 0 Å². The molecule has 29 heavy (non-hydrogen) atoms. The maximum Gasteiger partial charge on any atom is 0.338 e. The summed E-state index contributed by atoms with van der Waals surface area (Å²) in [7, 11) is -1.56. The highest BCUT2D eigenvalue weighted by atomic mass is 32.2. The molecule has 2 saturated heterocycles. The van der Waals surface area contributed by atoms with E-state index in [-0.39, 0.29) is 23.7 Å². The molecule has 0 spiro atoms. The summed E-state index contributed by atoms with van der Waals surface area (Å²) in [5, 5.41) is 0. The summed E-state index contributed by atoms with van der Waals surface area (Å²) in [6.07, 6.45) is 1.53. The number of carbonyl (C=O) groups is 2. The number of esters is 1. The first kappa shape index (κ1) is 21.6. The highest BCUT2D eigenvalue weighted by Crippen LogP contribution is 2.19. The van der Waals surface area contributed by atoms with Gasteiger partial charge in [-0.3, -0.25) is 4.79 Å². The van der Waals surface area contributed by atoms with Crippen molar-refractivity contribution in [3.63, 3.8) is 0 Å². The van der Waals surface area contributed by atoms with Crippen molar-refractivity contribution in [2.24, 2.45) is 0 Å². The van der Waals surface area contributed by atoms with E-state index in [4.69, 9.17) is 14.2 Å². The average molecular weight is 426 g/mol. The second-order valence-corrected chi connectivity index (χ2v) is 9.75. The zero-order valence-corrected chi connectivity index (χ0v) is 17.5. The normalized spacial score (nSPS) is 24.1. The summed E-state index contributed by atoms with van der Waals surface area (Å²) in [4.78, 5) is 26.2. The molecule has 1 aromatic carbocycles. The number of nitrogens with zero attached hydrogens (tertiary/aromatic N) is 1. The first-order valence-corrected chi connectivity index (χ1v) is 11.6. The molecule has 8 nitrogen and oxygen atoms in total. The third-order valence-electron chi connectivity index (χ3n) is 5.29. The molecule has 0 N–H and O–H groups in total. The van der Waals surface area contributed by atoms with Gasteiger partial charge >= 0.3 is 5.97 Å². The SMILES string of the molecule is C[C@@H](OC(=O)c1ccc(OC[C@@H]2CCCO2)cc1)C(=O)N(C)[C@@H]1CCS(=O)(=O)C1. The maximum atomic E-state index is 12.5. The molecular weight excluding hydrogens is 398 g/mol. The Hall–Kier alpha value is -2.13. The van der Waals surface area contributed by atoms with Gasteiger partial charge in [0.2, 0.25) is 0 Å². The quantitative estimate of drug-likeness (QED) is 0.610. The average Bonchev–Trinajstić information content (AvgIpc) is 3.34. The van der Waals surface area contributed by atoms with Gasteiger partial charge in [0.05, 0.1) is 23.2 Å². The van der Waals surface area contributed by atoms with Gasteiger partial charge in [0, 0.05) is 19.7 Å². The predicted octanol–water partition coefficient (Wildman–Crippen LogP) is 1.44. The third kappa shape index (κ3) is 5.70. The van der Waals surface area contributed by atoms with Crippen LogP contribution in [0.3, 0.4) is 0 Å². The maximum absolute atomic E-state index is 12.5. The van der Waals surface area contributed by atoms with Crippen molar-refractivity contribution in [3.8, 4) is 5.75 Å². The summed E-state index contributed by atoms with van der Waals surface area (Å²) in [5.74, 6) is -0.391. The van der Waals surface area contributed by atoms with Crippen LogP contribution in [-0.4, -0.2) is 75.2 Å². The van der Waals surface area contributed by atoms with E-state index in [0.717, 1.165) is 19.4 Å². The largest absolute Gasteiger partial charge is 0.491 e. The Morgan fingerprint density at radius 1 is 1.24 bits per heavy atom. The monoisotopic (exact) mass is 425 g/mol. The fourth-order valence-corrected chi connectivity index (χ4v) is 5.25.